The summed E-state index contributed by atoms with van der Waals surface area (Å²) in [4.78, 5) is 18.0. The Morgan fingerprint density at radius 1 is 1.00 bits per heavy atom. The molecule has 3 aromatic rings. The number of hydrogen-bond donors (Lipinski definition) is 1. The molecule has 1 aromatic heterocycles. The Kier molecular flexibility index (Phi) is 5.82. The number of carbonyl (C=O) groups excluding carboxylic acids is 1. The minimum Gasteiger partial charge on any atom is -0.266 e. The Morgan fingerprint density at radius 2 is 1.68 bits per heavy atom. The molecule has 6 heteroatoms. The van der Waals surface area contributed by atoms with Crippen molar-refractivity contribution in [2.24, 2.45) is 5.10 Å². The van der Waals surface area contributed by atoms with Crippen molar-refractivity contribution in [1.82, 2.24) is 10.4 Å². The molecule has 2 aromatic carbocycles. The van der Waals surface area contributed by atoms with Crippen LogP contribution in [0.25, 0.3) is 0 Å². The molecule has 0 aliphatic rings. The second-order valence-corrected chi connectivity index (χ2v) is 6.62. The van der Waals surface area contributed by atoms with Crippen LogP contribution in [0.2, 0.25) is 5.02 Å². The predicted octanol–water partition coefficient (Wildman–Crippen LogP) is 4.65. The number of aromatic nitrogens is 1. The highest BCUT2D eigenvalue weighted by Gasteiger charge is 2.03. The molecule has 1 N–H and O–H groups in total. The summed E-state index contributed by atoms with van der Waals surface area (Å²) in [6.45, 7) is 0. The number of benzene rings is 2. The van der Waals surface area contributed by atoms with E-state index in [1.165, 1.54) is 0 Å². The molecule has 0 atom stereocenters. The minimum atomic E-state index is -0.341. The number of nitrogens with zero attached hydrogens (tertiary/aromatic N) is 2. The fraction of sp³-hybridized carbons (Fsp3) is 0. The van der Waals surface area contributed by atoms with Crippen LogP contribution in [-0.2, 0) is 0 Å². The molecule has 0 aliphatic carbocycles. The van der Waals surface area contributed by atoms with Gasteiger partial charge in [-0.25, -0.2) is 5.43 Å². The van der Waals surface area contributed by atoms with E-state index in [0.29, 0.717) is 5.69 Å². The molecular weight excluding hydrogens is 354 g/mol. The molecule has 0 saturated carbocycles. The molecule has 0 bridgehead atoms. The normalized spacial score (nSPS) is 10.8. The Bertz CT molecular complexity index is 865. The van der Waals surface area contributed by atoms with E-state index < -0.39 is 0 Å². The number of pyridine rings is 1. The van der Waals surface area contributed by atoms with Gasteiger partial charge in [0.25, 0.3) is 5.91 Å². The zero-order chi connectivity index (χ0) is 17.5. The van der Waals surface area contributed by atoms with Gasteiger partial charge < -0.3 is 0 Å². The smallest absolute Gasteiger partial charge is 0.266 e. The average molecular weight is 368 g/mol. The number of amides is 1. The van der Waals surface area contributed by atoms with Gasteiger partial charge in [-0.3, -0.25) is 9.78 Å². The van der Waals surface area contributed by atoms with Crippen molar-refractivity contribution in [2.45, 2.75) is 9.79 Å². The highest BCUT2D eigenvalue weighted by Crippen LogP contribution is 2.28. The number of rotatable bonds is 5. The Labute approximate surface area is 154 Å². The molecule has 3 rings (SSSR count). The first-order chi connectivity index (χ1) is 12.2. The third-order valence-electron chi connectivity index (χ3n) is 3.21. The molecule has 25 heavy (non-hydrogen) atoms. The van der Waals surface area contributed by atoms with Gasteiger partial charge in [0.2, 0.25) is 0 Å². The summed E-state index contributed by atoms with van der Waals surface area (Å²) in [5, 5.41) is 4.68. The number of halogens is 1. The van der Waals surface area contributed by atoms with Gasteiger partial charge in [-0.15, -0.1) is 0 Å². The number of carbonyl (C=O) groups is 1. The van der Waals surface area contributed by atoms with Crippen molar-refractivity contribution >= 4 is 35.5 Å². The monoisotopic (exact) mass is 367 g/mol. The van der Waals surface area contributed by atoms with Gasteiger partial charge in [0, 0.05) is 21.0 Å². The molecule has 124 valence electrons. The predicted molar refractivity (Wildman–Crippen MR) is 101 cm³/mol. The summed E-state index contributed by atoms with van der Waals surface area (Å²) in [6.07, 6.45) is 3.16. The Hall–Kier alpha value is -2.63. The van der Waals surface area contributed by atoms with Crippen LogP contribution in [-0.4, -0.2) is 17.1 Å². The van der Waals surface area contributed by atoms with Crippen molar-refractivity contribution < 1.29 is 4.79 Å². The van der Waals surface area contributed by atoms with Gasteiger partial charge in [0.1, 0.15) is 5.69 Å². The fourth-order valence-electron chi connectivity index (χ4n) is 1.98. The second-order valence-electron chi connectivity index (χ2n) is 5.04. The lowest BCUT2D eigenvalue weighted by molar-refractivity contribution is 0.0950. The van der Waals surface area contributed by atoms with Gasteiger partial charge in [-0.1, -0.05) is 41.6 Å². The molecule has 1 amide bonds. The van der Waals surface area contributed by atoms with Crippen molar-refractivity contribution in [1.29, 1.82) is 0 Å². The van der Waals surface area contributed by atoms with Crippen LogP contribution in [0.1, 0.15) is 16.1 Å². The Morgan fingerprint density at radius 3 is 2.32 bits per heavy atom. The zero-order valence-corrected chi connectivity index (χ0v) is 14.7. The minimum absolute atomic E-state index is 0.328. The molecule has 0 spiro atoms. The van der Waals surface area contributed by atoms with Gasteiger partial charge in [0.05, 0.1) is 6.21 Å². The molecule has 0 saturated heterocycles. The van der Waals surface area contributed by atoms with E-state index in [9.17, 15) is 4.79 Å². The highest BCUT2D eigenvalue weighted by atomic mass is 35.5. The molecule has 0 fully saturated rings. The van der Waals surface area contributed by atoms with Gasteiger partial charge in [0.15, 0.2) is 0 Å². The summed E-state index contributed by atoms with van der Waals surface area (Å²) in [5.74, 6) is -0.341. The zero-order valence-electron chi connectivity index (χ0n) is 13.1. The fourth-order valence-corrected chi connectivity index (χ4v) is 2.92. The maximum absolute atomic E-state index is 11.8. The topological polar surface area (TPSA) is 54.4 Å². The van der Waals surface area contributed by atoms with Gasteiger partial charge in [-0.2, -0.15) is 5.10 Å². The van der Waals surface area contributed by atoms with E-state index in [1.807, 2.05) is 48.5 Å². The number of hydrogen-bond acceptors (Lipinski definition) is 4. The average Bonchev–Trinajstić information content (AvgIpc) is 2.66. The number of hydrazone groups is 1. The lowest BCUT2D eigenvalue weighted by atomic mass is 10.2. The lowest BCUT2D eigenvalue weighted by Gasteiger charge is -2.02. The van der Waals surface area contributed by atoms with Crippen molar-refractivity contribution in [3.8, 4) is 0 Å². The van der Waals surface area contributed by atoms with E-state index in [2.05, 4.69) is 15.5 Å². The standard InChI is InChI=1S/C19H14ClN3OS/c20-15-6-10-17(11-7-15)25-16-8-4-14(5-9-16)13-22-23-19(24)18-3-1-2-12-21-18/h1-13H,(H,23,24)/b22-13-. The van der Waals surface area contributed by atoms with Crippen molar-refractivity contribution in [2.75, 3.05) is 0 Å². The van der Waals surface area contributed by atoms with Crippen molar-refractivity contribution in [3.05, 3.63) is 89.2 Å². The maximum Gasteiger partial charge on any atom is 0.289 e. The van der Waals surface area contributed by atoms with Gasteiger partial charge >= 0.3 is 0 Å². The van der Waals surface area contributed by atoms with E-state index in [4.69, 9.17) is 11.6 Å². The summed E-state index contributed by atoms with van der Waals surface area (Å²) >= 11 is 7.54. The van der Waals surface area contributed by atoms with Crippen LogP contribution in [0.3, 0.4) is 0 Å². The van der Waals surface area contributed by atoms with E-state index in [-0.39, 0.29) is 5.91 Å². The van der Waals surface area contributed by atoms with Crippen LogP contribution in [0.4, 0.5) is 0 Å². The van der Waals surface area contributed by atoms with Gasteiger partial charge in [-0.05, 0) is 54.1 Å². The number of nitrogens with one attached hydrogen (secondary N) is 1. The highest BCUT2D eigenvalue weighted by molar-refractivity contribution is 7.99. The van der Waals surface area contributed by atoms with E-state index >= 15 is 0 Å². The second kappa shape index (κ2) is 8.46. The summed E-state index contributed by atoms with van der Waals surface area (Å²) < 4.78 is 0. The third-order valence-corrected chi connectivity index (χ3v) is 4.47. The molecular formula is C19H14ClN3OS. The Balaban J connectivity index is 1.57. The molecule has 0 radical (unpaired) electrons. The van der Waals surface area contributed by atoms with E-state index in [0.717, 1.165) is 20.4 Å². The molecule has 0 unspecified atom stereocenters. The maximum atomic E-state index is 11.8. The SMILES string of the molecule is O=C(N/N=C\c1ccc(Sc2ccc(Cl)cc2)cc1)c1ccccn1. The lowest BCUT2D eigenvalue weighted by Crippen LogP contribution is -2.18. The summed E-state index contributed by atoms with van der Waals surface area (Å²) in [6, 6.07) is 20.7. The summed E-state index contributed by atoms with van der Waals surface area (Å²) in [5.41, 5.74) is 3.68. The van der Waals surface area contributed by atoms with Crippen LogP contribution >= 0.6 is 23.4 Å². The van der Waals surface area contributed by atoms with Crippen LogP contribution in [0, 0.1) is 0 Å². The van der Waals surface area contributed by atoms with Crippen LogP contribution in [0.5, 0.6) is 0 Å². The molecule has 1 heterocycles. The van der Waals surface area contributed by atoms with Crippen molar-refractivity contribution in [3.63, 3.8) is 0 Å². The summed E-state index contributed by atoms with van der Waals surface area (Å²) in [7, 11) is 0. The molecule has 0 aliphatic heterocycles. The first-order valence-corrected chi connectivity index (χ1v) is 8.68. The van der Waals surface area contributed by atoms with Crippen LogP contribution < -0.4 is 5.43 Å². The molecule has 4 nitrogen and oxygen atoms in total. The van der Waals surface area contributed by atoms with E-state index in [1.54, 1.807) is 42.4 Å². The largest absolute Gasteiger partial charge is 0.289 e. The quantitative estimate of drug-likeness (QED) is 0.527. The first kappa shape index (κ1) is 17.2. The van der Waals surface area contributed by atoms with Crippen LogP contribution in [0.15, 0.2) is 87.8 Å². The first-order valence-electron chi connectivity index (χ1n) is 7.49. The third kappa shape index (κ3) is 5.17.